The first-order valence-electron chi connectivity index (χ1n) is 10.7. The lowest BCUT2D eigenvalue weighted by molar-refractivity contribution is -0.130. The summed E-state index contributed by atoms with van der Waals surface area (Å²) < 4.78 is 33.7. The van der Waals surface area contributed by atoms with Gasteiger partial charge in [0.05, 0.1) is 28.6 Å². The number of aryl methyl sites for hydroxylation is 1. The van der Waals surface area contributed by atoms with Crippen LogP contribution in [0.4, 0.5) is 0 Å². The van der Waals surface area contributed by atoms with Gasteiger partial charge in [0, 0.05) is 30.6 Å². The zero-order valence-electron chi connectivity index (χ0n) is 18.7. The van der Waals surface area contributed by atoms with Crippen LogP contribution >= 0.6 is 11.3 Å². The molecule has 1 amide bonds. The second-order valence-electron chi connectivity index (χ2n) is 8.14. The van der Waals surface area contributed by atoms with Crippen LogP contribution < -0.4 is 4.74 Å². The number of sulfone groups is 1. The molecule has 1 aliphatic heterocycles. The van der Waals surface area contributed by atoms with Gasteiger partial charge in [0.25, 0.3) is 5.91 Å². The van der Waals surface area contributed by atoms with E-state index >= 15 is 0 Å². The van der Waals surface area contributed by atoms with Gasteiger partial charge in [-0.2, -0.15) is 5.10 Å². The number of hydrogen-bond acceptors (Lipinski definition) is 6. The van der Waals surface area contributed by atoms with Crippen LogP contribution in [0, 0.1) is 0 Å². The molecule has 0 N–H and O–H groups in total. The van der Waals surface area contributed by atoms with E-state index in [9.17, 15) is 13.2 Å². The lowest BCUT2D eigenvalue weighted by atomic mass is 10.0. The van der Waals surface area contributed by atoms with Gasteiger partial charge in [-0.3, -0.25) is 4.79 Å². The second-order valence-corrected chi connectivity index (χ2v) is 11.0. The zero-order valence-corrected chi connectivity index (χ0v) is 20.3. The molecule has 4 aromatic rings. The summed E-state index contributed by atoms with van der Waals surface area (Å²) in [5.41, 5.74) is 2.43. The van der Waals surface area contributed by atoms with Crippen molar-refractivity contribution in [1.29, 1.82) is 0 Å². The van der Waals surface area contributed by atoms with E-state index in [4.69, 9.17) is 4.74 Å². The van der Waals surface area contributed by atoms with Gasteiger partial charge < -0.3 is 9.30 Å². The summed E-state index contributed by atoms with van der Waals surface area (Å²) in [6, 6.07) is 18.2. The fourth-order valence-electron chi connectivity index (χ4n) is 4.28. The number of para-hydroxylation sites is 1. The molecule has 0 spiro atoms. The SMILES string of the molecule is COc1ccc([C@@H]2CC(c3cccs3)=NN2C(=O)CS(=O)(=O)c2cn(C)c3ccccc23)cc1. The van der Waals surface area contributed by atoms with E-state index in [1.54, 1.807) is 48.4 Å². The Balaban J connectivity index is 1.48. The first-order chi connectivity index (χ1) is 16.4. The van der Waals surface area contributed by atoms with Crippen molar-refractivity contribution < 1.29 is 17.9 Å². The van der Waals surface area contributed by atoms with E-state index in [2.05, 4.69) is 5.10 Å². The summed E-state index contributed by atoms with van der Waals surface area (Å²) in [5, 5.41) is 8.48. The number of nitrogens with zero attached hydrogens (tertiary/aromatic N) is 3. The number of fused-ring (bicyclic) bond motifs is 1. The van der Waals surface area contributed by atoms with Crippen LogP contribution in [-0.4, -0.2) is 42.5 Å². The van der Waals surface area contributed by atoms with Gasteiger partial charge in [0.1, 0.15) is 11.5 Å². The number of hydrazone groups is 1. The largest absolute Gasteiger partial charge is 0.497 e. The van der Waals surface area contributed by atoms with Gasteiger partial charge in [-0.1, -0.05) is 36.4 Å². The van der Waals surface area contributed by atoms with Crippen LogP contribution in [0.5, 0.6) is 5.75 Å². The fourth-order valence-corrected chi connectivity index (χ4v) is 6.44. The highest BCUT2D eigenvalue weighted by atomic mass is 32.2. The standard InChI is InChI=1S/C25H23N3O4S2/c1-27-15-24(19-6-3-4-7-21(19)27)34(30,31)16-25(29)28-22(17-9-11-18(32-2)12-10-17)14-20(26-28)23-8-5-13-33-23/h3-13,15,22H,14,16H2,1-2H3/t22-/m0/s1. The Hall–Kier alpha value is -3.43. The molecule has 0 bridgehead atoms. The number of ether oxygens (including phenoxy) is 1. The van der Waals surface area contributed by atoms with Crippen LogP contribution in [0.3, 0.4) is 0 Å². The Kier molecular flexibility index (Phi) is 5.75. The molecule has 0 fully saturated rings. The first kappa shape index (κ1) is 22.4. The Labute approximate surface area is 201 Å². The highest BCUT2D eigenvalue weighted by Crippen LogP contribution is 2.35. The highest BCUT2D eigenvalue weighted by Gasteiger charge is 2.36. The van der Waals surface area contributed by atoms with Crippen LogP contribution in [0.2, 0.25) is 0 Å². The Morgan fingerprint density at radius 3 is 2.59 bits per heavy atom. The summed E-state index contributed by atoms with van der Waals surface area (Å²) >= 11 is 1.54. The van der Waals surface area contributed by atoms with Crippen LogP contribution in [0.15, 0.2) is 82.2 Å². The number of aromatic nitrogens is 1. The molecule has 2 aromatic carbocycles. The molecule has 2 aromatic heterocycles. The molecule has 0 unspecified atom stereocenters. The minimum atomic E-state index is -3.89. The van der Waals surface area contributed by atoms with Gasteiger partial charge in [0.15, 0.2) is 9.84 Å². The third kappa shape index (κ3) is 4.01. The molecule has 0 radical (unpaired) electrons. The lowest BCUT2D eigenvalue weighted by Crippen LogP contribution is -2.32. The van der Waals surface area contributed by atoms with Gasteiger partial charge in [-0.25, -0.2) is 13.4 Å². The summed E-state index contributed by atoms with van der Waals surface area (Å²) in [5.74, 6) is -0.507. The van der Waals surface area contributed by atoms with E-state index < -0.39 is 27.5 Å². The number of benzene rings is 2. The fraction of sp³-hybridized carbons (Fsp3) is 0.200. The van der Waals surface area contributed by atoms with Crippen molar-refractivity contribution in [3.8, 4) is 5.75 Å². The first-order valence-corrected chi connectivity index (χ1v) is 13.2. The molecule has 7 nitrogen and oxygen atoms in total. The van der Waals surface area contributed by atoms with Crippen LogP contribution in [0.1, 0.15) is 22.9 Å². The van der Waals surface area contributed by atoms with Gasteiger partial charge in [0.2, 0.25) is 0 Å². The predicted molar refractivity (Wildman–Crippen MR) is 133 cm³/mol. The summed E-state index contributed by atoms with van der Waals surface area (Å²) in [6.07, 6.45) is 2.07. The summed E-state index contributed by atoms with van der Waals surface area (Å²) in [7, 11) is -0.503. The third-order valence-electron chi connectivity index (χ3n) is 5.98. The predicted octanol–water partition coefficient (Wildman–Crippen LogP) is 4.40. The zero-order chi connectivity index (χ0) is 23.9. The molecule has 0 saturated heterocycles. The number of thiophene rings is 1. The third-order valence-corrected chi connectivity index (χ3v) is 8.52. The van der Waals surface area contributed by atoms with Crippen molar-refractivity contribution in [2.45, 2.75) is 17.4 Å². The van der Waals surface area contributed by atoms with E-state index in [1.807, 2.05) is 53.9 Å². The number of hydrogen-bond donors (Lipinski definition) is 0. The van der Waals surface area contributed by atoms with Crippen molar-refractivity contribution in [2.75, 3.05) is 12.9 Å². The number of carbonyl (C=O) groups is 1. The van der Waals surface area contributed by atoms with Crippen molar-refractivity contribution >= 4 is 43.7 Å². The van der Waals surface area contributed by atoms with Crippen molar-refractivity contribution in [3.05, 3.63) is 82.7 Å². The van der Waals surface area contributed by atoms with Crippen molar-refractivity contribution in [1.82, 2.24) is 9.58 Å². The molecular formula is C25H23N3O4S2. The molecule has 1 aliphatic rings. The summed E-state index contributed by atoms with van der Waals surface area (Å²) in [4.78, 5) is 14.5. The Bertz CT molecular complexity index is 1490. The molecule has 174 valence electrons. The Morgan fingerprint density at radius 1 is 1.12 bits per heavy atom. The maximum Gasteiger partial charge on any atom is 0.258 e. The monoisotopic (exact) mass is 493 g/mol. The smallest absolute Gasteiger partial charge is 0.258 e. The van der Waals surface area contributed by atoms with Gasteiger partial charge >= 0.3 is 0 Å². The normalized spacial score (nSPS) is 16.1. The number of rotatable bonds is 6. The van der Waals surface area contributed by atoms with Crippen molar-refractivity contribution in [3.63, 3.8) is 0 Å². The number of methoxy groups -OCH3 is 1. The maximum atomic E-state index is 13.4. The minimum absolute atomic E-state index is 0.154. The molecule has 9 heteroatoms. The second kappa shape index (κ2) is 8.73. The average Bonchev–Trinajstić information content (AvgIpc) is 3.58. The van der Waals surface area contributed by atoms with Gasteiger partial charge in [-0.05, 0) is 35.2 Å². The van der Waals surface area contributed by atoms with E-state index in [0.29, 0.717) is 17.6 Å². The van der Waals surface area contributed by atoms with E-state index in [0.717, 1.165) is 21.7 Å². The quantitative estimate of drug-likeness (QED) is 0.399. The molecule has 5 rings (SSSR count). The average molecular weight is 494 g/mol. The highest BCUT2D eigenvalue weighted by molar-refractivity contribution is 7.92. The van der Waals surface area contributed by atoms with Gasteiger partial charge in [-0.15, -0.1) is 11.3 Å². The Morgan fingerprint density at radius 2 is 1.88 bits per heavy atom. The number of carbonyl (C=O) groups excluding carboxylic acids is 1. The molecule has 34 heavy (non-hydrogen) atoms. The molecule has 0 saturated carbocycles. The van der Waals surface area contributed by atoms with E-state index in [-0.39, 0.29) is 4.90 Å². The van der Waals surface area contributed by atoms with E-state index in [1.165, 1.54) is 5.01 Å². The maximum absolute atomic E-state index is 13.4. The lowest BCUT2D eigenvalue weighted by Gasteiger charge is -2.22. The minimum Gasteiger partial charge on any atom is -0.497 e. The molecule has 0 aliphatic carbocycles. The topological polar surface area (TPSA) is 81.0 Å². The molecular weight excluding hydrogens is 470 g/mol. The van der Waals surface area contributed by atoms with Crippen LogP contribution in [0.25, 0.3) is 10.9 Å². The molecule has 1 atom stereocenters. The van der Waals surface area contributed by atoms with Crippen molar-refractivity contribution in [2.24, 2.45) is 12.1 Å². The number of amides is 1. The summed E-state index contributed by atoms with van der Waals surface area (Å²) in [6.45, 7) is 0. The van der Waals surface area contributed by atoms with Crippen LogP contribution in [-0.2, 0) is 21.7 Å². The molecule has 3 heterocycles.